The molecule has 0 bridgehead atoms. The fraction of sp³-hybridized carbons (Fsp3) is 0.538. The van der Waals surface area contributed by atoms with Crippen molar-refractivity contribution in [3.05, 3.63) is 35.6 Å². The molecule has 1 nitrogen and oxygen atoms in total. The largest absolute Gasteiger partial charge is 0.307 e. The van der Waals surface area contributed by atoms with Crippen molar-refractivity contribution in [2.45, 2.75) is 39.3 Å². The lowest BCUT2D eigenvalue weighted by molar-refractivity contribution is 0.490. The molecule has 15 heavy (non-hydrogen) atoms. The molecule has 0 aromatic heterocycles. The Morgan fingerprint density at radius 1 is 1.47 bits per heavy atom. The molecule has 0 saturated heterocycles. The molecule has 2 heteroatoms. The molecule has 0 amide bonds. The van der Waals surface area contributed by atoms with Gasteiger partial charge in [-0.2, -0.15) is 0 Å². The van der Waals surface area contributed by atoms with Gasteiger partial charge in [0.1, 0.15) is 5.82 Å². The minimum atomic E-state index is -0.156. The molecule has 2 rings (SSSR count). The zero-order chi connectivity index (χ0) is 11.1. The first-order valence-corrected chi connectivity index (χ1v) is 5.50. The quantitative estimate of drug-likeness (QED) is 0.802. The molecule has 2 atom stereocenters. The van der Waals surface area contributed by atoms with Crippen molar-refractivity contribution < 1.29 is 4.39 Å². The highest BCUT2D eigenvalue weighted by atomic mass is 19.1. The smallest absolute Gasteiger partial charge is 0.123 e. The summed E-state index contributed by atoms with van der Waals surface area (Å²) in [6, 6.07) is 7.63. The Hall–Kier alpha value is -0.890. The monoisotopic (exact) mass is 207 g/mol. The minimum absolute atomic E-state index is 0.156. The highest BCUT2D eigenvalue weighted by Gasteiger charge is 2.45. The third-order valence-electron chi connectivity index (χ3n) is 3.31. The van der Waals surface area contributed by atoms with E-state index in [2.05, 4.69) is 26.1 Å². The lowest BCUT2D eigenvalue weighted by Gasteiger charge is -2.15. The predicted octanol–water partition coefficient (Wildman–Crippen LogP) is 3.27. The van der Waals surface area contributed by atoms with Crippen LogP contribution < -0.4 is 5.32 Å². The second-order valence-electron chi connectivity index (χ2n) is 5.19. The molecule has 1 N–H and O–H groups in total. The molecule has 0 radical (unpaired) electrons. The zero-order valence-electron chi connectivity index (χ0n) is 9.55. The van der Waals surface area contributed by atoms with Crippen molar-refractivity contribution in [2.75, 3.05) is 0 Å². The van der Waals surface area contributed by atoms with Crippen molar-refractivity contribution in [2.24, 2.45) is 5.41 Å². The highest BCUT2D eigenvalue weighted by molar-refractivity contribution is 5.20. The van der Waals surface area contributed by atoms with Crippen LogP contribution in [0.1, 0.15) is 38.8 Å². The number of rotatable bonds is 3. The third kappa shape index (κ3) is 2.37. The lowest BCUT2D eigenvalue weighted by Crippen LogP contribution is -2.24. The molecule has 1 aliphatic rings. The lowest BCUT2D eigenvalue weighted by atomic mass is 10.1. The average Bonchev–Trinajstić information content (AvgIpc) is 2.73. The predicted molar refractivity (Wildman–Crippen MR) is 60.1 cm³/mol. The van der Waals surface area contributed by atoms with Gasteiger partial charge in [-0.1, -0.05) is 26.0 Å². The standard InChI is InChI=1S/C13H18FN/c1-9(15-12-8-13(12,2)3)10-5-4-6-11(14)7-10/h4-7,9,12,15H,8H2,1-3H3. The molecular weight excluding hydrogens is 189 g/mol. The van der Waals surface area contributed by atoms with E-state index >= 15 is 0 Å². The molecule has 82 valence electrons. The molecule has 0 spiro atoms. The normalized spacial score (nSPS) is 24.9. The van der Waals surface area contributed by atoms with Gasteiger partial charge >= 0.3 is 0 Å². The fourth-order valence-electron chi connectivity index (χ4n) is 1.93. The summed E-state index contributed by atoms with van der Waals surface area (Å²) in [5.74, 6) is -0.156. The van der Waals surface area contributed by atoms with Crippen LogP contribution >= 0.6 is 0 Å². The van der Waals surface area contributed by atoms with Crippen LogP contribution in [0.4, 0.5) is 4.39 Å². The third-order valence-corrected chi connectivity index (χ3v) is 3.31. The van der Waals surface area contributed by atoms with E-state index in [1.807, 2.05) is 6.07 Å². The van der Waals surface area contributed by atoms with Gasteiger partial charge in [0.2, 0.25) is 0 Å². The van der Waals surface area contributed by atoms with Crippen molar-refractivity contribution in [3.63, 3.8) is 0 Å². The van der Waals surface area contributed by atoms with Crippen LogP contribution in [0.5, 0.6) is 0 Å². The van der Waals surface area contributed by atoms with Gasteiger partial charge in [-0.05, 0) is 36.5 Å². The Morgan fingerprint density at radius 3 is 2.67 bits per heavy atom. The molecular formula is C13H18FN. The van der Waals surface area contributed by atoms with Crippen LogP contribution in [0.25, 0.3) is 0 Å². The first-order valence-electron chi connectivity index (χ1n) is 5.50. The van der Waals surface area contributed by atoms with Crippen LogP contribution in [0.2, 0.25) is 0 Å². The molecule has 1 fully saturated rings. The Labute approximate surface area is 90.7 Å². The van der Waals surface area contributed by atoms with E-state index in [9.17, 15) is 4.39 Å². The summed E-state index contributed by atoms with van der Waals surface area (Å²) >= 11 is 0. The van der Waals surface area contributed by atoms with Crippen LogP contribution in [0.3, 0.4) is 0 Å². The summed E-state index contributed by atoms with van der Waals surface area (Å²) in [6.07, 6.45) is 1.21. The van der Waals surface area contributed by atoms with Crippen molar-refractivity contribution in [3.8, 4) is 0 Å². The van der Waals surface area contributed by atoms with Gasteiger partial charge in [-0.15, -0.1) is 0 Å². The molecule has 1 saturated carbocycles. The maximum Gasteiger partial charge on any atom is 0.123 e. The fourth-order valence-corrected chi connectivity index (χ4v) is 1.93. The van der Waals surface area contributed by atoms with E-state index in [-0.39, 0.29) is 11.9 Å². The second kappa shape index (κ2) is 3.60. The Bertz CT molecular complexity index is 359. The number of nitrogens with one attached hydrogen (secondary N) is 1. The van der Waals surface area contributed by atoms with E-state index in [1.54, 1.807) is 12.1 Å². The van der Waals surface area contributed by atoms with E-state index in [1.165, 1.54) is 12.5 Å². The van der Waals surface area contributed by atoms with Crippen molar-refractivity contribution in [1.82, 2.24) is 5.32 Å². The second-order valence-corrected chi connectivity index (χ2v) is 5.19. The van der Waals surface area contributed by atoms with E-state index < -0.39 is 0 Å². The molecule has 1 aromatic carbocycles. The maximum absolute atomic E-state index is 13.0. The molecule has 1 aromatic rings. The zero-order valence-corrected chi connectivity index (χ0v) is 9.55. The van der Waals surface area contributed by atoms with Crippen LogP contribution in [0, 0.1) is 11.2 Å². The van der Waals surface area contributed by atoms with Crippen molar-refractivity contribution >= 4 is 0 Å². The van der Waals surface area contributed by atoms with Crippen molar-refractivity contribution in [1.29, 1.82) is 0 Å². The van der Waals surface area contributed by atoms with E-state index in [0.717, 1.165) is 5.56 Å². The summed E-state index contributed by atoms with van der Waals surface area (Å²) < 4.78 is 13.0. The summed E-state index contributed by atoms with van der Waals surface area (Å²) in [6.45, 7) is 6.59. The number of hydrogen-bond donors (Lipinski definition) is 1. The number of benzene rings is 1. The van der Waals surface area contributed by atoms with Gasteiger partial charge in [-0.3, -0.25) is 0 Å². The van der Waals surface area contributed by atoms with Gasteiger partial charge in [0.05, 0.1) is 0 Å². The van der Waals surface area contributed by atoms with E-state index in [4.69, 9.17) is 0 Å². The summed E-state index contributed by atoms with van der Waals surface area (Å²) in [4.78, 5) is 0. The Balaban J connectivity index is 1.99. The topological polar surface area (TPSA) is 12.0 Å². The number of halogens is 1. The molecule has 1 aliphatic carbocycles. The number of hydrogen-bond acceptors (Lipinski definition) is 1. The van der Waals surface area contributed by atoms with E-state index in [0.29, 0.717) is 11.5 Å². The SMILES string of the molecule is CC(NC1CC1(C)C)c1cccc(F)c1. The maximum atomic E-state index is 13.0. The van der Waals surface area contributed by atoms with Gasteiger partial charge in [-0.25, -0.2) is 4.39 Å². The first kappa shape index (κ1) is 10.6. The highest BCUT2D eigenvalue weighted by Crippen LogP contribution is 2.45. The van der Waals surface area contributed by atoms with Gasteiger partial charge < -0.3 is 5.32 Å². The Morgan fingerprint density at radius 2 is 2.13 bits per heavy atom. The van der Waals surface area contributed by atoms with Crippen LogP contribution in [-0.4, -0.2) is 6.04 Å². The Kier molecular flexibility index (Phi) is 2.55. The average molecular weight is 207 g/mol. The molecule has 0 heterocycles. The summed E-state index contributed by atoms with van der Waals surface area (Å²) in [5, 5.41) is 3.52. The molecule has 0 aliphatic heterocycles. The van der Waals surface area contributed by atoms with Gasteiger partial charge in [0.25, 0.3) is 0 Å². The van der Waals surface area contributed by atoms with Crippen LogP contribution in [-0.2, 0) is 0 Å². The first-order chi connectivity index (χ1) is 6.99. The summed E-state index contributed by atoms with van der Waals surface area (Å²) in [7, 11) is 0. The van der Waals surface area contributed by atoms with Gasteiger partial charge in [0, 0.05) is 12.1 Å². The van der Waals surface area contributed by atoms with Gasteiger partial charge in [0.15, 0.2) is 0 Å². The minimum Gasteiger partial charge on any atom is -0.307 e. The summed E-state index contributed by atoms with van der Waals surface area (Å²) in [5.41, 5.74) is 1.44. The molecule has 2 unspecified atom stereocenters. The van der Waals surface area contributed by atoms with Crippen LogP contribution in [0.15, 0.2) is 24.3 Å².